The maximum absolute atomic E-state index is 13.6. The molecule has 186 valence electrons. The van der Waals surface area contributed by atoms with Crippen LogP contribution in [0.25, 0.3) is 0 Å². The fourth-order valence-electron chi connectivity index (χ4n) is 3.61. The van der Waals surface area contributed by atoms with Crippen LogP contribution in [0.3, 0.4) is 0 Å². The van der Waals surface area contributed by atoms with E-state index in [0.717, 1.165) is 15.4 Å². The summed E-state index contributed by atoms with van der Waals surface area (Å²) >= 11 is 6.19. The second-order valence-electron chi connectivity index (χ2n) is 8.16. The van der Waals surface area contributed by atoms with Gasteiger partial charge in [-0.2, -0.15) is 0 Å². The zero-order chi connectivity index (χ0) is 25.8. The summed E-state index contributed by atoms with van der Waals surface area (Å²) in [7, 11) is -0.969. The Morgan fingerprint density at radius 2 is 1.63 bits per heavy atom. The van der Waals surface area contributed by atoms with Gasteiger partial charge in [-0.3, -0.25) is 9.10 Å². The van der Waals surface area contributed by atoms with Crippen molar-refractivity contribution in [2.75, 3.05) is 25.1 Å². The second kappa shape index (κ2) is 11.0. The van der Waals surface area contributed by atoms with Gasteiger partial charge < -0.3 is 14.8 Å². The van der Waals surface area contributed by atoms with Gasteiger partial charge in [0.25, 0.3) is 10.0 Å². The predicted octanol–water partition coefficient (Wildman–Crippen LogP) is 5.05. The number of anilines is 1. The summed E-state index contributed by atoms with van der Waals surface area (Å²) in [5.74, 6) is 0.633. The van der Waals surface area contributed by atoms with Crippen molar-refractivity contribution in [2.45, 2.75) is 31.7 Å². The number of hydrogen-bond donors (Lipinski definition) is 1. The van der Waals surface area contributed by atoms with Crippen molar-refractivity contribution in [2.24, 2.45) is 0 Å². The van der Waals surface area contributed by atoms with Crippen molar-refractivity contribution >= 4 is 33.2 Å². The summed E-state index contributed by atoms with van der Waals surface area (Å²) in [6.07, 6.45) is 0. The highest BCUT2D eigenvalue weighted by atomic mass is 35.5. The van der Waals surface area contributed by atoms with Crippen LogP contribution in [0.15, 0.2) is 65.6 Å². The third kappa shape index (κ3) is 6.07. The Bertz CT molecular complexity index is 1310. The predicted molar refractivity (Wildman–Crippen MR) is 138 cm³/mol. The van der Waals surface area contributed by atoms with Crippen LogP contribution in [0.4, 0.5) is 5.69 Å². The maximum Gasteiger partial charge on any atom is 0.264 e. The highest BCUT2D eigenvalue weighted by molar-refractivity contribution is 7.92. The number of rotatable bonds is 9. The van der Waals surface area contributed by atoms with E-state index >= 15 is 0 Å². The van der Waals surface area contributed by atoms with E-state index in [4.69, 9.17) is 21.1 Å². The number of ether oxygens (including phenoxy) is 2. The average Bonchev–Trinajstić information content (AvgIpc) is 2.83. The Labute approximate surface area is 211 Å². The normalized spacial score (nSPS) is 12.1. The molecule has 3 aromatic rings. The lowest BCUT2D eigenvalue weighted by Crippen LogP contribution is -2.42. The highest BCUT2D eigenvalue weighted by Crippen LogP contribution is 2.31. The standard InChI is InChI=1S/C26H29ClN2O5S/c1-17-6-11-22(12-7-17)35(31,32)29(23-15-21(27)10-8-18(23)2)16-26(30)28-19(3)20-9-13-24(33-4)25(14-20)34-5/h6-15,19H,16H2,1-5H3,(H,28,30)/t19-/m1/s1. The van der Waals surface area contributed by atoms with Gasteiger partial charge in [0.2, 0.25) is 5.91 Å². The number of hydrogen-bond acceptors (Lipinski definition) is 5. The number of nitrogens with one attached hydrogen (secondary N) is 1. The van der Waals surface area contributed by atoms with Crippen molar-refractivity contribution in [3.05, 3.63) is 82.4 Å². The molecule has 3 aromatic carbocycles. The van der Waals surface area contributed by atoms with Gasteiger partial charge in [0, 0.05) is 5.02 Å². The molecular weight excluding hydrogens is 488 g/mol. The molecule has 0 aromatic heterocycles. The molecule has 0 heterocycles. The quantitative estimate of drug-likeness (QED) is 0.430. The van der Waals surface area contributed by atoms with Crippen LogP contribution in [0.2, 0.25) is 5.02 Å². The van der Waals surface area contributed by atoms with Crippen molar-refractivity contribution in [3.8, 4) is 11.5 Å². The van der Waals surface area contributed by atoms with Gasteiger partial charge in [-0.1, -0.05) is 41.4 Å². The molecule has 35 heavy (non-hydrogen) atoms. The third-order valence-corrected chi connectivity index (χ3v) is 7.63. The lowest BCUT2D eigenvalue weighted by Gasteiger charge is -2.27. The molecule has 1 amide bonds. The largest absolute Gasteiger partial charge is 0.493 e. The van der Waals surface area contributed by atoms with Gasteiger partial charge in [-0.15, -0.1) is 0 Å². The second-order valence-corrected chi connectivity index (χ2v) is 10.5. The molecule has 0 aliphatic heterocycles. The van der Waals surface area contributed by atoms with E-state index in [0.29, 0.717) is 27.8 Å². The SMILES string of the molecule is COc1ccc([C@@H](C)NC(=O)CN(c2cc(Cl)ccc2C)S(=O)(=O)c2ccc(C)cc2)cc1OC. The van der Waals surface area contributed by atoms with Gasteiger partial charge >= 0.3 is 0 Å². The molecule has 0 spiro atoms. The van der Waals surface area contributed by atoms with Crippen LogP contribution in [0.1, 0.15) is 29.7 Å². The highest BCUT2D eigenvalue weighted by Gasteiger charge is 2.29. The zero-order valence-electron chi connectivity index (χ0n) is 20.3. The molecule has 3 rings (SSSR count). The average molecular weight is 517 g/mol. The van der Waals surface area contributed by atoms with E-state index in [1.807, 2.05) is 19.9 Å². The fraction of sp³-hybridized carbons (Fsp3) is 0.269. The molecule has 0 aliphatic carbocycles. The van der Waals surface area contributed by atoms with E-state index < -0.39 is 28.5 Å². The Morgan fingerprint density at radius 1 is 0.971 bits per heavy atom. The van der Waals surface area contributed by atoms with Crippen molar-refractivity contribution in [3.63, 3.8) is 0 Å². The number of benzene rings is 3. The van der Waals surface area contributed by atoms with E-state index in [9.17, 15) is 13.2 Å². The van der Waals surface area contributed by atoms with Gasteiger partial charge in [-0.25, -0.2) is 8.42 Å². The van der Waals surface area contributed by atoms with Gasteiger partial charge in [0.1, 0.15) is 6.54 Å². The molecular formula is C26H29ClN2O5S. The summed E-state index contributed by atoms with van der Waals surface area (Å²) in [5, 5.41) is 3.25. The first-order valence-electron chi connectivity index (χ1n) is 10.9. The third-order valence-electron chi connectivity index (χ3n) is 5.62. The van der Waals surface area contributed by atoms with E-state index in [1.54, 1.807) is 56.5 Å². The Hall–Kier alpha value is -3.23. The summed E-state index contributed by atoms with van der Waals surface area (Å²) < 4.78 is 39.0. The van der Waals surface area contributed by atoms with Crippen LogP contribution >= 0.6 is 11.6 Å². The maximum atomic E-state index is 13.6. The molecule has 0 saturated carbocycles. The van der Waals surface area contributed by atoms with Crippen LogP contribution in [-0.4, -0.2) is 35.1 Å². The number of amides is 1. The molecule has 0 radical (unpaired) electrons. The van der Waals surface area contributed by atoms with Crippen LogP contribution in [0.5, 0.6) is 11.5 Å². The minimum atomic E-state index is -4.05. The first-order valence-corrected chi connectivity index (χ1v) is 12.8. The molecule has 0 aliphatic rings. The minimum absolute atomic E-state index is 0.0863. The number of halogens is 1. The summed E-state index contributed by atoms with van der Waals surface area (Å²) in [6.45, 7) is 5.03. The lowest BCUT2D eigenvalue weighted by molar-refractivity contribution is -0.120. The van der Waals surface area contributed by atoms with Crippen molar-refractivity contribution in [1.82, 2.24) is 5.32 Å². The van der Waals surface area contributed by atoms with E-state index in [1.165, 1.54) is 19.2 Å². The van der Waals surface area contributed by atoms with Crippen molar-refractivity contribution < 1.29 is 22.7 Å². The first-order chi connectivity index (χ1) is 16.6. The number of carbonyl (C=O) groups excluding carboxylic acids is 1. The Kier molecular flexibility index (Phi) is 8.30. The van der Waals surface area contributed by atoms with Gasteiger partial charge in [0.15, 0.2) is 11.5 Å². The summed E-state index contributed by atoms with van der Waals surface area (Å²) in [5.41, 5.74) is 2.72. The minimum Gasteiger partial charge on any atom is -0.493 e. The number of carbonyl (C=O) groups is 1. The topological polar surface area (TPSA) is 84.9 Å². The summed E-state index contributed by atoms with van der Waals surface area (Å²) in [4.78, 5) is 13.2. The molecule has 0 fully saturated rings. The molecule has 0 saturated heterocycles. The van der Waals surface area contributed by atoms with E-state index in [-0.39, 0.29) is 4.90 Å². The number of sulfonamides is 1. The van der Waals surface area contributed by atoms with E-state index in [2.05, 4.69) is 5.32 Å². The monoisotopic (exact) mass is 516 g/mol. The number of aryl methyl sites for hydroxylation is 2. The van der Waals surface area contributed by atoms with Crippen LogP contribution < -0.4 is 19.1 Å². The zero-order valence-corrected chi connectivity index (χ0v) is 21.9. The van der Waals surface area contributed by atoms with Crippen LogP contribution in [-0.2, 0) is 14.8 Å². The fourth-order valence-corrected chi connectivity index (χ4v) is 5.26. The van der Waals surface area contributed by atoms with Gasteiger partial charge in [-0.05, 0) is 68.3 Å². The molecule has 0 unspecified atom stereocenters. The first kappa shape index (κ1) is 26.4. The molecule has 9 heteroatoms. The Balaban J connectivity index is 1.92. The molecule has 1 N–H and O–H groups in total. The van der Waals surface area contributed by atoms with Gasteiger partial charge in [0.05, 0.1) is 30.8 Å². The van der Waals surface area contributed by atoms with Crippen LogP contribution in [0, 0.1) is 13.8 Å². The molecule has 7 nitrogen and oxygen atoms in total. The molecule has 1 atom stereocenters. The number of nitrogens with zero attached hydrogens (tertiary/aromatic N) is 1. The van der Waals surface area contributed by atoms with Crippen molar-refractivity contribution in [1.29, 1.82) is 0 Å². The molecule has 0 bridgehead atoms. The summed E-state index contributed by atoms with van der Waals surface area (Å²) in [6, 6.07) is 16.4. The number of methoxy groups -OCH3 is 2. The smallest absolute Gasteiger partial charge is 0.264 e. The lowest BCUT2D eigenvalue weighted by atomic mass is 10.1. The Morgan fingerprint density at radius 3 is 2.26 bits per heavy atom.